The first-order valence-electron chi connectivity index (χ1n) is 10.7. The number of fused-ring (bicyclic) bond motifs is 2. The third-order valence-electron chi connectivity index (χ3n) is 6.91. The van der Waals surface area contributed by atoms with Crippen LogP contribution >= 0.6 is 0 Å². The molecule has 4 atom stereocenters. The molecule has 2 aromatic carbocycles. The summed E-state index contributed by atoms with van der Waals surface area (Å²) < 4.78 is 40.8. The van der Waals surface area contributed by atoms with Crippen molar-refractivity contribution in [1.82, 2.24) is 4.90 Å². The Morgan fingerprint density at radius 2 is 1.68 bits per heavy atom. The Hall–Kier alpha value is -2.38. The van der Waals surface area contributed by atoms with Gasteiger partial charge in [-0.25, -0.2) is 13.2 Å². The zero-order valence-corrected chi connectivity index (χ0v) is 17.4. The largest absolute Gasteiger partial charge is 0.376 e. The highest BCUT2D eigenvalue weighted by molar-refractivity contribution is 5.86. The van der Waals surface area contributed by atoms with E-state index in [4.69, 9.17) is 5.73 Å². The number of carbonyl (C=O) groups is 1. The molecule has 2 fully saturated rings. The van der Waals surface area contributed by atoms with E-state index in [1.54, 1.807) is 29.2 Å². The predicted octanol–water partition coefficient (Wildman–Crippen LogP) is 3.65. The molecule has 0 saturated carbocycles. The Kier molecular flexibility index (Phi) is 5.83. The lowest BCUT2D eigenvalue weighted by atomic mass is 9.81. The van der Waals surface area contributed by atoms with Crippen LogP contribution in [0.3, 0.4) is 0 Å². The minimum Gasteiger partial charge on any atom is -0.376 e. The van der Waals surface area contributed by atoms with Gasteiger partial charge in [-0.15, -0.1) is 0 Å². The van der Waals surface area contributed by atoms with Crippen LogP contribution in [0, 0.1) is 23.4 Å². The van der Waals surface area contributed by atoms with E-state index in [1.807, 2.05) is 6.07 Å². The Morgan fingerprint density at radius 1 is 1.10 bits per heavy atom. The fraction of sp³-hybridized carbons (Fsp3) is 0.458. The van der Waals surface area contributed by atoms with Gasteiger partial charge >= 0.3 is 0 Å². The van der Waals surface area contributed by atoms with Gasteiger partial charge in [-0.2, -0.15) is 0 Å². The summed E-state index contributed by atoms with van der Waals surface area (Å²) in [6.07, 6.45) is 3.02. The third-order valence-corrected chi connectivity index (χ3v) is 6.91. The van der Waals surface area contributed by atoms with Crippen molar-refractivity contribution in [3.63, 3.8) is 0 Å². The van der Waals surface area contributed by atoms with Gasteiger partial charge in [0.15, 0.2) is 17.2 Å². The molecule has 1 amide bonds. The number of aliphatic hydroxyl groups is 1. The molecule has 2 bridgehead atoms. The average Bonchev–Trinajstić information content (AvgIpc) is 3.00. The number of hydrogen-bond acceptors (Lipinski definition) is 3. The van der Waals surface area contributed by atoms with Crippen molar-refractivity contribution in [3.8, 4) is 0 Å². The van der Waals surface area contributed by atoms with Gasteiger partial charge in [0.2, 0.25) is 0 Å². The second-order valence-corrected chi connectivity index (χ2v) is 8.99. The second-order valence-electron chi connectivity index (χ2n) is 8.99. The van der Waals surface area contributed by atoms with Crippen LogP contribution in [0.5, 0.6) is 0 Å². The zero-order valence-electron chi connectivity index (χ0n) is 17.4. The highest BCUT2D eigenvalue weighted by atomic mass is 19.2. The van der Waals surface area contributed by atoms with Crippen LogP contribution in [0.4, 0.5) is 13.2 Å². The van der Waals surface area contributed by atoms with Gasteiger partial charge < -0.3 is 15.7 Å². The van der Waals surface area contributed by atoms with Crippen LogP contribution in [0.25, 0.3) is 0 Å². The molecule has 2 unspecified atom stereocenters. The first kappa shape index (κ1) is 21.8. The fourth-order valence-electron chi connectivity index (χ4n) is 5.18. The molecular weight excluding hydrogens is 405 g/mol. The standard InChI is InChI=1S/C24H27F3N2O2/c1-24(31,16-5-3-2-4-6-16)23(30)29-17-7-8-18(29)10-15(9-17)22(28)12-14-11-20(26)21(27)13-19(14)25/h2-6,11,13,15,17-18,22,31H,7-10,12,28H2,1H3/t15?,17?,18?,22-,24-/m1/s1. The van der Waals surface area contributed by atoms with E-state index >= 15 is 0 Å². The van der Waals surface area contributed by atoms with Gasteiger partial charge in [-0.1, -0.05) is 30.3 Å². The molecule has 3 N–H and O–H groups in total. The van der Waals surface area contributed by atoms with Crippen molar-refractivity contribution >= 4 is 5.91 Å². The maximum Gasteiger partial charge on any atom is 0.259 e. The third kappa shape index (κ3) is 4.08. The van der Waals surface area contributed by atoms with Gasteiger partial charge in [0.05, 0.1) is 0 Å². The number of nitrogens with two attached hydrogens (primary N) is 1. The first-order chi connectivity index (χ1) is 14.7. The van der Waals surface area contributed by atoms with Crippen LogP contribution < -0.4 is 5.73 Å². The van der Waals surface area contributed by atoms with Gasteiger partial charge in [0.1, 0.15) is 5.82 Å². The number of halogens is 3. The Bertz CT molecular complexity index is 953. The summed E-state index contributed by atoms with van der Waals surface area (Å²) in [5, 5.41) is 11.0. The van der Waals surface area contributed by atoms with E-state index in [-0.39, 0.29) is 35.9 Å². The highest BCUT2D eigenvalue weighted by Crippen LogP contribution is 2.42. The van der Waals surface area contributed by atoms with Crippen molar-refractivity contribution in [2.24, 2.45) is 11.7 Å². The molecule has 4 rings (SSSR count). The molecule has 2 heterocycles. The van der Waals surface area contributed by atoms with E-state index in [9.17, 15) is 23.1 Å². The molecule has 7 heteroatoms. The zero-order chi connectivity index (χ0) is 22.3. The minimum absolute atomic E-state index is 0.0238. The number of amides is 1. The van der Waals surface area contributed by atoms with Crippen molar-refractivity contribution < 1.29 is 23.1 Å². The van der Waals surface area contributed by atoms with E-state index in [2.05, 4.69) is 0 Å². The van der Waals surface area contributed by atoms with Crippen molar-refractivity contribution in [3.05, 3.63) is 71.0 Å². The van der Waals surface area contributed by atoms with Crippen molar-refractivity contribution in [1.29, 1.82) is 0 Å². The molecule has 2 aromatic rings. The molecule has 31 heavy (non-hydrogen) atoms. The minimum atomic E-state index is -1.62. The summed E-state index contributed by atoms with van der Waals surface area (Å²) in [4.78, 5) is 15.1. The Balaban J connectivity index is 1.47. The number of hydrogen-bond donors (Lipinski definition) is 2. The molecular formula is C24H27F3N2O2. The summed E-state index contributed by atoms with van der Waals surface area (Å²) in [6.45, 7) is 1.52. The SMILES string of the molecule is C[C@](O)(C(=O)N1C2CCC1CC([C@H](N)Cc1cc(F)c(F)cc1F)C2)c1ccccc1. The lowest BCUT2D eigenvalue weighted by Gasteiger charge is -2.43. The van der Waals surface area contributed by atoms with E-state index in [0.29, 0.717) is 24.5 Å². The summed E-state index contributed by atoms with van der Waals surface area (Å²) >= 11 is 0. The number of piperidine rings is 1. The fourth-order valence-corrected chi connectivity index (χ4v) is 5.18. The lowest BCUT2D eigenvalue weighted by Crippen LogP contribution is -2.55. The summed E-state index contributed by atoms with van der Waals surface area (Å²) in [7, 11) is 0. The van der Waals surface area contributed by atoms with Crippen LogP contribution in [0.1, 0.15) is 43.7 Å². The predicted molar refractivity (Wildman–Crippen MR) is 110 cm³/mol. The molecule has 2 saturated heterocycles. The highest BCUT2D eigenvalue weighted by Gasteiger charge is 2.49. The molecule has 0 radical (unpaired) electrons. The first-order valence-corrected chi connectivity index (χ1v) is 10.7. The molecule has 0 aliphatic carbocycles. The monoisotopic (exact) mass is 432 g/mol. The second kappa shape index (κ2) is 8.28. The number of nitrogens with zero attached hydrogens (tertiary/aromatic N) is 1. The number of benzene rings is 2. The molecule has 4 nitrogen and oxygen atoms in total. The van der Waals surface area contributed by atoms with E-state index in [0.717, 1.165) is 18.9 Å². The quantitative estimate of drug-likeness (QED) is 0.709. The Labute approximate surface area is 179 Å². The maximum absolute atomic E-state index is 14.0. The smallest absolute Gasteiger partial charge is 0.259 e. The van der Waals surface area contributed by atoms with Crippen LogP contribution in [0.15, 0.2) is 42.5 Å². The van der Waals surface area contributed by atoms with Gasteiger partial charge in [0.25, 0.3) is 5.91 Å². The normalized spacial score (nSPS) is 25.9. The number of rotatable bonds is 5. The van der Waals surface area contributed by atoms with Crippen molar-refractivity contribution in [2.75, 3.05) is 0 Å². The number of carbonyl (C=O) groups excluding carboxylic acids is 1. The molecule has 0 spiro atoms. The lowest BCUT2D eigenvalue weighted by molar-refractivity contribution is -0.156. The van der Waals surface area contributed by atoms with Gasteiger partial charge in [-0.3, -0.25) is 4.79 Å². The topological polar surface area (TPSA) is 66.6 Å². The van der Waals surface area contributed by atoms with Crippen molar-refractivity contribution in [2.45, 2.75) is 62.8 Å². The average molecular weight is 432 g/mol. The van der Waals surface area contributed by atoms with Gasteiger partial charge in [-0.05, 0) is 62.1 Å². The van der Waals surface area contributed by atoms with Gasteiger partial charge in [0, 0.05) is 24.2 Å². The van der Waals surface area contributed by atoms with E-state index in [1.165, 1.54) is 6.92 Å². The van der Waals surface area contributed by atoms with Crippen LogP contribution in [-0.4, -0.2) is 34.0 Å². The molecule has 166 valence electrons. The van der Waals surface area contributed by atoms with E-state index < -0.39 is 29.1 Å². The molecule has 2 aliphatic heterocycles. The van der Waals surface area contributed by atoms with Crippen LogP contribution in [0.2, 0.25) is 0 Å². The molecule has 0 aromatic heterocycles. The molecule has 2 aliphatic rings. The Morgan fingerprint density at radius 3 is 2.29 bits per heavy atom. The summed E-state index contributed by atoms with van der Waals surface area (Å²) in [5.74, 6) is -3.40. The van der Waals surface area contributed by atoms with Crippen LogP contribution in [-0.2, 0) is 16.8 Å². The maximum atomic E-state index is 14.0. The summed E-state index contributed by atoms with van der Waals surface area (Å²) in [5.41, 5.74) is 5.34. The summed E-state index contributed by atoms with van der Waals surface area (Å²) in [6, 6.07) is 9.76.